The number of aryl methyl sites for hydroxylation is 1. The van der Waals surface area contributed by atoms with Crippen LogP contribution < -0.4 is 5.32 Å². The Labute approximate surface area is 128 Å². The summed E-state index contributed by atoms with van der Waals surface area (Å²) in [6.45, 7) is 6.59. The van der Waals surface area contributed by atoms with Crippen LogP contribution in [-0.2, 0) is 27.8 Å². The van der Waals surface area contributed by atoms with E-state index in [1.807, 2.05) is 18.5 Å². The molecular weight excluding hydrogens is 290 g/mol. The summed E-state index contributed by atoms with van der Waals surface area (Å²) in [5, 5.41) is 3.08. The van der Waals surface area contributed by atoms with Crippen LogP contribution >= 0.6 is 0 Å². The van der Waals surface area contributed by atoms with Crippen LogP contribution in [0.3, 0.4) is 0 Å². The Morgan fingerprint density at radius 1 is 1.38 bits per heavy atom. The lowest BCUT2D eigenvalue weighted by atomic mass is 10.4. The lowest BCUT2D eigenvalue weighted by molar-refractivity contribution is 0.180. The van der Waals surface area contributed by atoms with Crippen molar-refractivity contribution >= 4 is 10.0 Å². The maximum atomic E-state index is 12.7. The molecule has 0 unspecified atom stereocenters. The summed E-state index contributed by atoms with van der Waals surface area (Å²) in [5.41, 5.74) is 0.987. The van der Waals surface area contributed by atoms with Crippen LogP contribution in [0, 0.1) is 0 Å². The predicted molar refractivity (Wildman–Crippen MR) is 83.8 cm³/mol. The minimum absolute atomic E-state index is 0.360. The van der Waals surface area contributed by atoms with Crippen LogP contribution in [0.15, 0.2) is 17.2 Å². The number of rotatable bonds is 10. The molecule has 0 saturated carbocycles. The maximum absolute atomic E-state index is 12.7. The Morgan fingerprint density at radius 3 is 2.62 bits per heavy atom. The smallest absolute Gasteiger partial charge is 0.244 e. The van der Waals surface area contributed by atoms with E-state index in [1.54, 1.807) is 19.4 Å². The molecule has 1 rings (SSSR count). The highest BCUT2D eigenvalue weighted by Crippen LogP contribution is 2.19. The third-order valence-corrected chi connectivity index (χ3v) is 5.26. The van der Waals surface area contributed by atoms with Gasteiger partial charge in [0, 0.05) is 45.2 Å². The number of hydrogen-bond donors (Lipinski definition) is 1. The Balaban J connectivity index is 3.08. The van der Waals surface area contributed by atoms with Crippen molar-refractivity contribution in [2.75, 3.05) is 33.9 Å². The second-order valence-electron chi connectivity index (χ2n) is 4.88. The van der Waals surface area contributed by atoms with Crippen LogP contribution in [0.1, 0.15) is 26.0 Å². The molecule has 0 aliphatic carbocycles. The van der Waals surface area contributed by atoms with Gasteiger partial charge in [-0.25, -0.2) is 8.42 Å². The number of hydrogen-bond acceptors (Lipinski definition) is 4. The number of aromatic nitrogens is 1. The van der Waals surface area contributed by atoms with Gasteiger partial charge in [-0.15, -0.1) is 0 Å². The van der Waals surface area contributed by atoms with E-state index < -0.39 is 10.0 Å². The first-order chi connectivity index (χ1) is 10.0. The van der Waals surface area contributed by atoms with E-state index >= 15 is 0 Å². The minimum atomic E-state index is -3.46. The molecule has 21 heavy (non-hydrogen) atoms. The molecule has 0 atom stereocenters. The zero-order valence-electron chi connectivity index (χ0n) is 13.4. The van der Waals surface area contributed by atoms with Crippen molar-refractivity contribution in [3.8, 4) is 0 Å². The number of nitrogens with one attached hydrogen (secondary N) is 1. The first kappa shape index (κ1) is 18.2. The summed E-state index contributed by atoms with van der Waals surface area (Å²) in [5.74, 6) is 0. The van der Waals surface area contributed by atoms with Crippen molar-refractivity contribution in [2.45, 2.75) is 38.3 Å². The van der Waals surface area contributed by atoms with Crippen molar-refractivity contribution in [3.05, 3.63) is 18.0 Å². The van der Waals surface area contributed by atoms with Gasteiger partial charge in [0.15, 0.2) is 0 Å². The molecule has 0 aliphatic rings. The first-order valence-corrected chi connectivity index (χ1v) is 8.77. The second kappa shape index (κ2) is 8.53. The summed E-state index contributed by atoms with van der Waals surface area (Å²) >= 11 is 0. The molecule has 0 spiro atoms. The average Bonchev–Trinajstić information content (AvgIpc) is 2.84. The highest BCUT2D eigenvalue weighted by Gasteiger charge is 2.25. The molecule has 0 bridgehead atoms. The lowest BCUT2D eigenvalue weighted by Crippen LogP contribution is -2.33. The number of ether oxygens (including phenoxy) is 1. The van der Waals surface area contributed by atoms with E-state index in [-0.39, 0.29) is 0 Å². The van der Waals surface area contributed by atoms with Crippen molar-refractivity contribution in [3.63, 3.8) is 0 Å². The molecule has 1 heterocycles. The van der Waals surface area contributed by atoms with Gasteiger partial charge in [-0.1, -0.05) is 13.8 Å². The number of methoxy groups -OCH3 is 1. The molecule has 0 saturated heterocycles. The predicted octanol–water partition coefficient (Wildman–Crippen LogP) is 1.27. The largest absolute Gasteiger partial charge is 0.383 e. The molecule has 6 nitrogen and oxygen atoms in total. The molecule has 122 valence electrons. The number of nitrogens with zero attached hydrogens (tertiary/aromatic N) is 2. The number of likely N-dealkylation sites (N-methyl/N-ethyl adjacent to an activating group) is 1. The van der Waals surface area contributed by atoms with Gasteiger partial charge in [0.05, 0.1) is 6.61 Å². The third-order valence-electron chi connectivity index (χ3n) is 3.32. The van der Waals surface area contributed by atoms with Gasteiger partial charge in [-0.2, -0.15) is 4.31 Å². The monoisotopic (exact) mass is 317 g/mol. The van der Waals surface area contributed by atoms with Crippen LogP contribution in [0.25, 0.3) is 0 Å². The summed E-state index contributed by atoms with van der Waals surface area (Å²) in [6.07, 6.45) is 2.70. The first-order valence-electron chi connectivity index (χ1n) is 7.33. The quantitative estimate of drug-likeness (QED) is 0.706. The average molecular weight is 317 g/mol. The van der Waals surface area contributed by atoms with Gasteiger partial charge in [0.1, 0.15) is 4.90 Å². The molecule has 0 aliphatic heterocycles. The van der Waals surface area contributed by atoms with Crippen molar-refractivity contribution in [1.29, 1.82) is 0 Å². The van der Waals surface area contributed by atoms with Crippen molar-refractivity contribution < 1.29 is 13.2 Å². The van der Waals surface area contributed by atoms with Gasteiger partial charge in [-0.3, -0.25) is 0 Å². The molecule has 0 fully saturated rings. The fourth-order valence-corrected chi connectivity index (χ4v) is 3.73. The summed E-state index contributed by atoms with van der Waals surface area (Å²) in [7, 11) is -0.0288. The molecule has 1 aromatic rings. The van der Waals surface area contributed by atoms with Crippen LogP contribution in [0.5, 0.6) is 0 Å². The highest BCUT2D eigenvalue weighted by molar-refractivity contribution is 7.89. The van der Waals surface area contributed by atoms with Crippen LogP contribution in [0.4, 0.5) is 0 Å². The normalized spacial score (nSPS) is 12.2. The maximum Gasteiger partial charge on any atom is 0.244 e. The Bertz CT molecular complexity index is 502. The van der Waals surface area contributed by atoms with Gasteiger partial charge in [0.25, 0.3) is 0 Å². The topological polar surface area (TPSA) is 63.6 Å². The molecule has 0 aromatic carbocycles. The standard InChI is InChI=1S/C14H27N3O3S/c1-5-7-16-12-14(10-13(16)11-15-3)21(18,19)17(6-2)8-9-20-4/h10,12,15H,5-9,11H2,1-4H3. The van der Waals surface area contributed by atoms with Crippen LogP contribution in [-0.4, -0.2) is 51.1 Å². The van der Waals surface area contributed by atoms with E-state index in [2.05, 4.69) is 12.2 Å². The van der Waals surface area contributed by atoms with E-state index in [1.165, 1.54) is 4.31 Å². The van der Waals surface area contributed by atoms with E-state index in [9.17, 15) is 8.42 Å². The molecule has 0 radical (unpaired) electrons. The van der Waals surface area contributed by atoms with E-state index in [4.69, 9.17) is 4.74 Å². The minimum Gasteiger partial charge on any atom is -0.383 e. The van der Waals surface area contributed by atoms with E-state index in [0.717, 1.165) is 18.7 Å². The summed E-state index contributed by atoms with van der Waals surface area (Å²) < 4.78 is 33.8. The highest BCUT2D eigenvalue weighted by atomic mass is 32.2. The Hall–Kier alpha value is -0.890. The van der Waals surface area contributed by atoms with Gasteiger partial charge in [0.2, 0.25) is 10.0 Å². The van der Waals surface area contributed by atoms with Gasteiger partial charge in [-0.05, 0) is 19.5 Å². The van der Waals surface area contributed by atoms with E-state index in [0.29, 0.717) is 31.1 Å². The van der Waals surface area contributed by atoms with Gasteiger partial charge >= 0.3 is 0 Å². The fraction of sp³-hybridized carbons (Fsp3) is 0.714. The Morgan fingerprint density at radius 2 is 2.10 bits per heavy atom. The zero-order valence-corrected chi connectivity index (χ0v) is 14.2. The lowest BCUT2D eigenvalue weighted by Gasteiger charge is -2.19. The molecule has 7 heteroatoms. The third kappa shape index (κ3) is 4.54. The molecule has 1 N–H and O–H groups in total. The Kier molecular flexibility index (Phi) is 7.37. The van der Waals surface area contributed by atoms with Crippen molar-refractivity contribution in [2.24, 2.45) is 0 Å². The fourth-order valence-electron chi connectivity index (χ4n) is 2.24. The van der Waals surface area contributed by atoms with Crippen LogP contribution in [0.2, 0.25) is 0 Å². The number of sulfonamides is 1. The molecule has 1 aromatic heterocycles. The molecular formula is C14H27N3O3S. The summed E-state index contributed by atoms with van der Waals surface area (Å²) in [4.78, 5) is 0.360. The van der Waals surface area contributed by atoms with Crippen molar-refractivity contribution in [1.82, 2.24) is 14.2 Å². The SMILES string of the molecule is CCCn1cc(S(=O)(=O)N(CC)CCOC)cc1CNC. The van der Waals surface area contributed by atoms with Gasteiger partial charge < -0.3 is 14.6 Å². The second-order valence-corrected chi connectivity index (χ2v) is 6.82. The molecule has 0 amide bonds. The zero-order chi connectivity index (χ0) is 15.9. The summed E-state index contributed by atoms with van der Waals surface area (Å²) in [6, 6.07) is 1.76.